The first-order valence-corrected chi connectivity index (χ1v) is 4.27. The molecule has 2 aliphatic rings. The van der Waals surface area contributed by atoms with Crippen LogP contribution in [0, 0.1) is 0 Å². The third-order valence-electron chi connectivity index (χ3n) is 2.36. The largest absolute Gasteiger partial charge is 0.393 e. The van der Waals surface area contributed by atoms with E-state index in [4.69, 9.17) is 19.3 Å². The Kier molecular flexibility index (Phi) is 1.91. The van der Waals surface area contributed by atoms with Crippen LogP contribution < -0.4 is 0 Å². The standard InChI is InChI=1S/C8H14O5/c1-7(2)12-5-6(13-7)11-4-8(5,10)3-9/h5-6,9-10H,3-4H2,1-2H3/t5-,6+,8-/m0/s1. The van der Waals surface area contributed by atoms with Crippen LogP contribution in [-0.4, -0.2) is 47.2 Å². The number of hydrogen-bond acceptors (Lipinski definition) is 5. The maximum absolute atomic E-state index is 9.82. The molecular weight excluding hydrogens is 176 g/mol. The zero-order valence-electron chi connectivity index (χ0n) is 7.69. The summed E-state index contributed by atoms with van der Waals surface area (Å²) in [5, 5.41) is 18.8. The number of hydrogen-bond donors (Lipinski definition) is 2. The molecule has 0 spiro atoms. The number of fused-ring (bicyclic) bond motifs is 1. The summed E-state index contributed by atoms with van der Waals surface area (Å²) >= 11 is 0. The van der Waals surface area contributed by atoms with Gasteiger partial charge in [0.2, 0.25) is 0 Å². The van der Waals surface area contributed by atoms with Gasteiger partial charge in [0.25, 0.3) is 0 Å². The Morgan fingerprint density at radius 1 is 1.38 bits per heavy atom. The molecule has 0 aromatic carbocycles. The highest BCUT2D eigenvalue weighted by atomic mass is 16.8. The normalized spacial score (nSPS) is 48.0. The Morgan fingerprint density at radius 3 is 2.69 bits per heavy atom. The van der Waals surface area contributed by atoms with Crippen molar-refractivity contribution in [3.8, 4) is 0 Å². The minimum absolute atomic E-state index is 0.0505. The van der Waals surface area contributed by atoms with Crippen LogP contribution in [0.4, 0.5) is 0 Å². The maximum atomic E-state index is 9.82. The van der Waals surface area contributed by atoms with Crippen molar-refractivity contribution in [2.45, 2.75) is 37.6 Å². The first-order valence-electron chi connectivity index (χ1n) is 4.27. The number of aliphatic hydroxyl groups excluding tert-OH is 1. The highest BCUT2D eigenvalue weighted by molar-refractivity contribution is 4.98. The van der Waals surface area contributed by atoms with Crippen molar-refractivity contribution in [2.75, 3.05) is 13.2 Å². The number of rotatable bonds is 1. The van der Waals surface area contributed by atoms with Crippen LogP contribution in [-0.2, 0) is 14.2 Å². The molecule has 0 aromatic heterocycles. The molecule has 2 saturated heterocycles. The summed E-state index contributed by atoms with van der Waals surface area (Å²) in [7, 11) is 0. The second kappa shape index (κ2) is 2.65. The topological polar surface area (TPSA) is 68.2 Å². The van der Waals surface area contributed by atoms with Crippen molar-refractivity contribution in [1.29, 1.82) is 0 Å². The van der Waals surface area contributed by atoms with Crippen molar-refractivity contribution >= 4 is 0 Å². The predicted molar refractivity (Wildman–Crippen MR) is 41.8 cm³/mol. The van der Waals surface area contributed by atoms with E-state index in [0.717, 1.165) is 0 Å². The summed E-state index contributed by atoms with van der Waals surface area (Å²) in [5.41, 5.74) is -1.32. The molecule has 0 radical (unpaired) electrons. The molecule has 0 aliphatic carbocycles. The van der Waals surface area contributed by atoms with Gasteiger partial charge in [0.05, 0.1) is 13.2 Å². The Labute approximate surface area is 76.2 Å². The molecule has 2 rings (SSSR count). The molecular formula is C8H14O5. The third kappa shape index (κ3) is 1.37. The van der Waals surface area contributed by atoms with Gasteiger partial charge >= 0.3 is 0 Å². The van der Waals surface area contributed by atoms with Crippen molar-refractivity contribution in [3.63, 3.8) is 0 Å². The van der Waals surface area contributed by atoms with Crippen molar-refractivity contribution in [2.24, 2.45) is 0 Å². The number of ether oxygens (including phenoxy) is 3. The van der Waals surface area contributed by atoms with Crippen LogP contribution >= 0.6 is 0 Å². The van der Waals surface area contributed by atoms with Gasteiger partial charge < -0.3 is 24.4 Å². The van der Waals surface area contributed by atoms with Gasteiger partial charge in [-0.2, -0.15) is 0 Å². The highest BCUT2D eigenvalue weighted by Gasteiger charge is 2.57. The molecule has 5 nitrogen and oxygen atoms in total. The van der Waals surface area contributed by atoms with Gasteiger partial charge in [-0.3, -0.25) is 0 Å². The van der Waals surface area contributed by atoms with E-state index >= 15 is 0 Å². The summed E-state index contributed by atoms with van der Waals surface area (Å²) in [5.74, 6) is -0.751. The van der Waals surface area contributed by atoms with Gasteiger partial charge in [-0.15, -0.1) is 0 Å². The maximum Gasteiger partial charge on any atom is 0.190 e. The molecule has 0 unspecified atom stereocenters. The SMILES string of the molecule is CC1(C)O[C@H]2OC[C@@](O)(CO)[C@H]2O1. The summed E-state index contributed by atoms with van der Waals surface area (Å²) in [6.07, 6.45) is -1.15. The Hall–Kier alpha value is -0.200. The molecule has 0 bridgehead atoms. The second-order valence-electron chi connectivity index (χ2n) is 4.00. The Morgan fingerprint density at radius 2 is 2.08 bits per heavy atom. The average Bonchev–Trinajstić information content (AvgIpc) is 2.49. The molecule has 0 amide bonds. The first-order chi connectivity index (χ1) is 5.97. The van der Waals surface area contributed by atoms with E-state index in [2.05, 4.69) is 0 Å². The summed E-state index contributed by atoms with van der Waals surface area (Å²) in [6.45, 7) is 3.15. The minimum Gasteiger partial charge on any atom is -0.393 e. The first kappa shape index (κ1) is 9.36. The molecule has 2 heterocycles. The second-order valence-corrected chi connectivity index (χ2v) is 4.00. The molecule has 0 aromatic rings. The molecule has 2 N–H and O–H groups in total. The van der Waals surface area contributed by atoms with Gasteiger partial charge in [0, 0.05) is 0 Å². The average molecular weight is 190 g/mol. The highest BCUT2D eigenvalue weighted by Crippen LogP contribution is 2.39. The van der Waals surface area contributed by atoms with Crippen LogP contribution in [0.5, 0.6) is 0 Å². The van der Waals surface area contributed by atoms with E-state index in [1.807, 2.05) is 0 Å². The van der Waals surface area contributed by atoms with Crippen LogP contribution in [0.25, 0.3) is 0 Å². The zero-order valence-corrected chi connectivity index (χ0v) is 7.69. The van der Waals surface area contributed by atoms with Gasteiger partial charge in [0.15, 0.2) is 12.1 Å². The lowest BCUT2D eigenvalue weighted by molar-refractivity contribution is -0.214. The van der Waals surface area contributed by atoms with Crippen molar-refractivity contribution in [1.82, 2.24) is 0 Å². The fourth-order valence-electron chi connectivity index (χ4n) is 1.66. The molecule has 13 heavy (non-hydrogen) atoms. The fourth-order valence-corrected chi connectivity index (χ4v) is 1.66. The van der Waals surface area contributed by atoms with Crippen LogP contribution in [0.2, 0.25) is 0 Å². The van der Waals surface area contributed by atoms with Gasteiger partial charge in [-0.25, -0.2) is 0 Å². The summed E-state index contributed by atoms with van der Waals surface area (Å²) in [4.78, 5) is 0. The van der Waals surface area contributed by atoms with Crippen molar-refractivity contribution < 1.29 is 24.4 Å². The fraction of sp³-hybridized carbons (Fsp3) is 1.00. The van der Waals surface area contributed by atoms with Crippen LogP contribution in [0.1, 0.15) is 13.8 Å². The van der Waals surface area contributed by atoms with E-state index in [9.17, 15) is 5.11 Å². The Balaban J connectivity index is 2.16. The van der Waals surface area contributed by atoms with Crippen LogP contribution in [0.3, 0.4) is 0 Å². The molecule has 2 fully saturated rings. The quantitative estimate of drug-likeness (QED) is 0.567. The molecule has 5 heteroatoms. The summed E-state index contributed by atoms with van der Waals surface area (Å²) in [6, 6.07) is 0. The van der Waals surface area contributed by atoms with E-state index in [0.29, 0.717) is 0 Å². The smallest absolute Gasteiger partial charge is 0.190 e. The van der Waals surface area contributed by atoms with E-state index in [-0.39, 0.29) is 13.2 Å². The van der Waals surface area contributed by atoms with E-state index in [1.165, 1.54) is 0 Å². The molecule has 0 saturated carbocycles. The molecule has 76 valence electrons. The molecule has 3 atom stereocenters. The molecule has 2 aliphatic heterocycles. The number of aliphatic hydroxyl groups is 2. The third-order valence-corrected chi connectivity index (χ3v) is 2.36. The van der Waals surface area contributed by atoms with E-state index in [1.54, 1.807) is 13.8 Å². The van der Waals surface area contributed by atoms with Gasteiger partial charge in [-0.05, 0) is 13.8 Å². The Bertz CT molecular complexity index is 217. The lowest BCUT2D eigenvalue weighted by Crippen LogP contribution is -2.47. The lowest BCUT2D eigenvalue weighted by atomic mass is 10.0. The van der Waals surface area contributed by atoms with Crippen molar-refractivity contribution in [3.05, 3.63) is 0 Å². The van der Waals surface area contributed by atoms with Gasteiger partial charge in [0.1, 0.15) is 11.7 Å². The lowest BCUT2D eigenvalue weighted by Gasteiger charge is -2.25. The van der Waals surface area contributed by atoms with Gasteiger partial charge in [-0.1, -0.05) is 0 Å². The zero-order chi connectivity index (χ0) is 9.69. The van der Waals surface area contributed by atoms with E-state index < -0.39 is 23.8 Å². The van der Waals surface area contributed by atoms with Crippen LogP contribution in [0.15, 0.2) is 0 Å². The summed E-state index contributed by atoms with van der Waals surface area (Å²) < 4.78 is 15.9. The monoisotopic (exact) mass is 190 g/mol. The minimum atomic E-state index is -1.32. The predicted octanol–water partition coefficient (Wildman–Crippen LogP) is -0.782.